The van der Waals surface area contributed by atoms with Gasteiger partial charge in [-0.05, 0) is 17.7 Å². The van der Waals surface area contributed by atoms with Crippen LogP contribution >= 0.6 is 15.9 Å². The van der Waals surface area contributed by atoms with Gasteiger partial charge >= 0.3 is 0 Å². The first-order valence-electron chi connectivity index (χ1n) is 7.62. The molecule has 1 atom stereocenters. The Morgan fingerprint density at radius 1 is 1.52 bits per heavy atom. The van der Waals surface area contributed by atoms with Crippen molar-refractivity contribution in [2.45, 2.75) is 19.0 Å². The van der Waals surface area contributed by atoms with E-state index in [1.165, 1.54) is 4.90 Å². The number of likely N-dealkylation sites (N-methyl/N-ethyl adjacent to an activating group) is 1. The summed E-state index contributed by atoms with van der Waals surface area (Å²) in [6, 6.07) is 7.36. The summed E-state index contributed by atoms with van der Waals surface area (Å²) in [6.45, 7) is 2.03. The summed E-state index contributed by atoms with van der Waals surface area (Å²) in [7, 11) is 1.63. The first-order chi connectivity index (χ1) is 11.0. The standard InChI is InChI=1S/C16H22BrN3O3/c1-19(7-8-21)15(22)10-14-16(23)20(6-5-18-14)11-12-3-2-4-13(17)9-12/h2-4,9,14,18,21H,5-8,10-11H2,1H3. The largest absolute Gasteiger partial charge is 0.395 e. The lowest BCUT2D eigenvalue weighted by Gasteiger charge is -2.33. The van der Waals surface area contributed by atoms with Crippen LogP contribution < -0.4 is 5.32 Å². The monoisotopic (exact) mass is 383 g/mol. The van der Waals surface area contributed by atoms with Crippen LogP contribution in [-0.2, 0) is 16.1 Å². The highest BCUT2D eigenvalue weighted by atomic mass is 79.9. The average molecular weight is 384 g/mol. The molecule has 1 aliphatic heterocycles. The summed E-state index contributed by atoms with van der Waals surface area (Å²) in [5.74, 6) is -0.198. The van der Waals surface area contributed by atoms with Gasteiger partial charge in [-0.3, -0.25) is 9.59 Å². The van der Waals surface area contributed by atoms with Crippen molar-refractivity contribution in [2.24, 2.45) is 0 Å². The molecule has 1 aromatic carbocycles. The molecule has 1 fully saturated rings. The Labute approximate surface area is 144 Å². The first-order valence-corrected chi connectivity index (χ1v) is 8.42. The van der Waals surface area contributed by atoms with E-state index in [0.29, 0.717) is 19.6 Å². The van der Waals surface area contributed by atoms with Gasteiger partial charge in [-0.2, -0.15) is 0 Å². The molecule has 126 valence electrons. The third-order valence-corrected chi connectivity index (χ3v) is 4.38. The minimum atomic E-state index is -0.496. The van der Waals surface area contributed by atoms with Crippen LogP contribution in [0.2, 0.25) is 0 Å². The van der Waals surface area contributed by atoms with Crippen LogP contribution in [0.15, 0.2) is 28.7 Å². The van der Waals surface area contributed by atoms with Gasteiger partial charge in [0.2, 0.25) is 11.8 Å². The van der Waals surface area contributed by atoms with Crippen molar-refractivity contribution in [1.29, 1.82) is 0 Å². The zero-order valence-corrected chi connectivity index (χ0v) is 14.8. The van der Waals surface area contributed by atoms with Crippen LogP contribution in [0.4, 0.5) is 0 Å². The Hall–Kier alpha value is -1.44. The van der Waals surface area contributed by atoms with Crippen molar-refractivity contribution in [3.63, 3.8) is 0 Å². The molecule has 0 bridgehead atoms. The van der Waals surface area contributed by atoms with Crippen molar-refractivity contribution < 1.29 is 14.7 Å². The van der Waals surface area contributed by atoms with E-state index in [1.807, 2.05) is 24.3 Å². The SMILES string of the molecule is CN(CCO)C(=O)CC1NCCN(Cc2cccc(Br)c2)C1=O. The molecule has 2 amide bonds. The van der Waals surface area contributed by atoms with Gasteiger partial charge in [0.15, 0.2) is 0 Å². The fraction of sp³-hybridized carbons (Fsp3) is 0.500. The van der Waals surface area contributed by atoms with Crippen molar-refractivity contribution in [2.75, 3.05) is 33.3 Å². The van der Waals surface area contributed by atoms with E-state index in [1.54, 1.807) is 11.9 Å². The van der Waals surface area contributed by atoms with Gasteiger partial charge in [0.25, 0.3) is 0 Å². The molecule has 1 aliphatic rings. The smallest absolute Gasteiger partial charge is 0.240 e. The number of benzene rings is 1. The average Bonchev–Trinajstić information content (AvgIpc) is 2.51. The quantitative estimate of drug-likeness (QED) is 0.753. The Bertz CT molecular complexity index is 567. The summed E-state index contributed by atoms with van der Waals surface area (Å²) >= 11 is 3.43. The fourth-order valence-corrected chi connectivity index (χ4v) is 3.02. The van der Waals surface area contributed by atoms with Crippen molar-refractivity contribution in [3.8, 4) is 0 Å². The molecule has 0 aliphatic carbocycles. The molecule has 1 unspecified atom stereocenters. The van der Waals surface area contributed by atoms with E-state index in [-0.39, 0.29) is 31.4 Å². The minimum absolute atomic E-state index is 0.0537. The van der Waals surface area contributed by atoms with E-state index >= 15 is 0 Å². The number of rotatable bonds is 6. The molecule has 1 heterocycles. The topological polar surface area (TPSA) is 72.9 Å². The van der Waals surface area contributed by atoms with E-state index in [2.05, 4.69) is 21.2 Å². The maximum Gasteiger partial charge on any atom is 0.240 e. The number of hydrogen-bond acceptors (Lipinski definition) is 4. The number of piperazine rings is 1. The van der Waals surface area contributed by atoms with Crippen LogP contribution in [0.1, 0.15) is 12.0 Å². The molecule has 1 saturated heterocycles. The molecule has 2 N–H and O–H groups in total. The number of hydrogen-bond donors (Lipinski definition) is 2. The number of nitrogens with one attached hydrogen (secondary N) is 1. The number of aliphatic hydroxyl groups excluding tert-OH is 1. The van der Waals surface area contributed by atoms with Gasteiger partial charge in [0.05, 0.1) is 19.1 Å². The molecule has 23 heavy (non-hydrogen) atoms. The normalized spacial score (nSPS) is 18.1. The number of halogens is 1. The molecule has 0 radical (unpaired) electrons. The predicted octanol–water partition coefficient (Wildman–Crippen LogP) is 0.590. The van der Waals surface area contributed by atoms with E-state index < -0.39 is 6.04 Å². The predicted molar refractivity (Wildman–Crippen MR) is 90.7 cm³/mol. The van der Waals surface area contributed by atoms with Gasteiger partial charge < -0.3 is 20.2 Å². The lowest BCUT2D eigenvalue weighted by atomic mass is 10.1. The first kappa shape index (κ1) is 17.9. The maximum atomic E-state index is 12.6. The van der Waals surface area contributed by atoms with E-state index in [4.69, 9.17) is 5.11 Å². The number of nitrogens with zero attached hydrogens (tertiary/aromatic N) is 2. The summed E-state index contributed by atoms with van der Waals surface area (Å²) in [5, 5.41) is 12.0. The lowest BCUT2D eigenvalue weighted by Crippen LogP contribution is -2.56. The van der Waals surface area contributed by atoms with Gasteiger partial charge in [0, 0.05) is 37.7 Å². The summed E-state index contributed by atoms with van der Waals surface area (Å²) in [6.07, 6.45) is 0.115. The van der Waals surface area contributed by atoms with Crippen LogP contribution in [0.25, 0.3) is 0 Å². The summed E-state index contributed by atoms with van der Waals surface area (Å²) in [5.41, 5.74) is 1.05. The number of carbonyl (C=O) groups is 2. The Morgan fingerprint density at radius 3 is 3.00 bits per heavy atom. The second-order valence-corrected chi connectivity index (χ2v) is 6.56. The molecular weight excluding hydrogens is 362 g/mol. The third-order valence-electron chi connectivity index (χ3n) is 3.88. The second-order valence-electron chi connectivity index (χ2n) is 5.64. The minimum Gasteiger partial charge on any atom is -0.395 e. The maximum absolute atomic E-state index is 12.6. The second kappa shape index (κ2) is 8.42. The fourth-order valence-electron chi connectivity index (χ4n) is 2.57. The summed E-state index contributed by atoms with van der Waals surface area (Å²) < 4.78 is 0.981. The van der Waals surface area contributed by atoms with Gasteiger partial charge in [0.1, 0.15) is 0 Å². The van der Waals surface area contributed by atoms with Gasteiger partial charge in [-0.1, -0.05) is 28.1 Å². The van der Waals surface area contributed by atoms with E-state index in [0.717, 1.165) is 10.0 Å². The van der Waals surface area contributed by atoms with E-state index in [9.17, 15) is 9.59 Å². The highest BCUT2D eigenvalue weighted by Gasteiger charge is 2.30. The van der Waals surface area contributed by atoms with Crippen LogP contribution in [0.3, 0.4) is 0 Å². The number of carbonyl (C=O) groups excluding carboxylic acids is 2. The Morgan fingerprint density at radius 2 is 2.30 bits per heavy atom. The molecule has 1 aromatic rings. The molecule has 0 spiro atoms. The summed E-state index contributed by atoms with van der Waals surface area (Å²) in [4.78, 5) is 27.8. The van der Waals surface area contributed by atoms with Gasteiger partial charge in [-0.25, -0.2) is 0 Å². The molecular formula is C16H22BrN3O3. The zero-order chi connectivity index (χ0) is 16.8. The van der Waals surface area contributed by atoms with Crippen LogP contribution in [-0.4, -0.2) is 66.1 Å². The number of amides is 2. The highest BCUT2D eigenvalue weighted by molar-refractivity contribution is 9.10. The van der Waals surface area contributed by atoms with Crippen LogP contribution in [0.5, 0.6) is 0 Å². The number of aliphatic hydroxyl groups is 1. The van der Waals surface area contributed by atoms with Gasteiger partial charge in [-0.15, -0.1) is 0 Å². The Balaban J connectivity index is 1.96. The van der Waals surface area contributed by atoms with Crippen molar-refractivity contribution in [1.82, 2.24) is 15.1 Å². The van der Waals surface area contributed by atoms with Crippen molar-refractivity contribution in [3.05, 3.63) is 34.3 Å². The van der Waals surface area contributed by atoms with Crippen molar-refractivity contribution >= 4 is 27.7 Å². The third kappa shape index (κ3) is 5.02. The Kier molecular flexibility index (Phi) is 6.56. The molecule has 0 aromatic heterocycles. The molecule has 6 nitrogen and oxygen atoms in total. The van der Waals surface area contributed by atoms with Crippen LogP contribution in [0, 0.1) is 0 Å². The zero-order valence-electron chi connectivity index (χ0n) is 13.2. The highest BCUT2D eigenvalue weighted by Crippen LogP contribution is 2.15. The molecule has 7 heteroatoms. The molecule has 0 saturated carbocycles. The molecule has 2 rings (SSSR count). The lowest BCUT2D eigenvalue weighted by molar-refractivity contribution is -0.141.